The second-order valence-electron chi connectivity index (χ2n) is 8.14. The number of aryl methyl sites for hydroxylation is 1. The van der Waals surface area contributed by atoms with E-state index in [1.54, 1.807) is 38.2 Å². The first-order valence-corrected chi connectivity index (χ1v) is 12.4. The van der Waals surface area contributed by atoms with Gasteiger partial charge in [0.05, 0.1) is 31.9 Å². The fraction of sp³-hybridized carbons (Fsp3) is 0.320. The largest absolute Gasteiger partial charge is 0.495 e. The van der Waals surface area contributed by atoms with Gasteiger partial charge in [-0.15, -0.1) is 0 Å². The highest BCUT2D eigenvalue weighted by Crippen LogP contribution is 2.41. The topological polar surface area (TPSA) is 86.9 Å². The Balaban J connectivity index is 1.63. The lowest BCUT2D eigenvalue weighted by atomic mass is 10.0. The summed E-state index contributed by atoms with van der Waals surface area (Å²) in [6.07, 6.45) is 1.71. The lowest BCUT2D eigenvalue weighted by Crippen LogP contribution is -2.37. The molecule has 5 rings (SSSR count). The number of benzene rings is 2. The number of anilines is 1. The van der Waals surface area contributed by atoms with Gasteiger partial charge in [-0.1, -0.05) is 46.3 Å². The average molecular weight is 514 g/mol. The van der Waals surface area contributed by atoms with E-state index in [1.165, 1.54) is 11.3 Å². The van der Waals surface area contributed by atoms with Crippen LogP contribution in [0, 0.1) is 6.92 Å². The van der Waals surface area contributed by atoms with Gasteiger partial charge in [0, 0.05) is 12.2 Å². The molecule has 3 heterocycles. The summed E-state index contributed by atoms with van der Waals surface area (Å²) in [4.78, 5) is 20.6. The van der Waals surface area contributed by atoms with E-state index >= 15 is 0 Å². The van der Waals surface area contributed by atoms with Crippen molar-refractivity contribution in [1.29, 1.82) is 0 Å². The molecule has 1 fully saturated rings. The van der Waals surface area contributed by atoms with Crippen molar-refractivity contribution in [2.75, 3.05) is 32.3 Å². The van der Waals surface area contributed by atoms with Crippen molar-refractivity contribution >= 4 is 44.2 Å². The molecule has 2 aromatic carbocycles. The van der Waals surface area contributed by atoms with Gasteiger partial charge in [-0.25, -0.2) is 4.98 Å². The number of aromatic nitrogens is 2. The summed E-state index contributed by atoms with van der Waals surface area (Å²) in [5.41, 5.74) is 1.99. The Kier molecular flexibility index (Phi) is 6.64. The number of ether oxygens (including phenoxy) is 3. The number of thiazole rings is 1. The zero-order valence-electron chi connectivity index (χ0n) is 19.5. The summed E-state index contributed by atoms with van der Waals surface area (Å²) in [7, 11) is 3.19. The number of carbonyl (C=O) groups is 1. The van der Waals surface area contributed by atoms with E-state index in [-0.39, 0.29) is 12.0 Å². The Hall–Kier alpha value is -3.14. The molecule has 0 aliphatic carbocycles. The normalized spacial score (nSPS) is 15.5. The van der Waals surface area contributed by atoms with E-state index in [0.29, 0.717) is 62.9 Å². The highest BCUT2D eigenvalue weighted by atomic mass is 35.5. The van der Waals surface area contributed by atoms with Gasteiger partial charge in [-0.05, 0) is 38.0 Å². The molecule has 1 saturated heterocycles. The van der Waals surface area contributed by atoms with Crippen LogP contribution in [-0.4, -0.2) is 49.5 Å². The second-order valence-corrected chi connectivity index (χ2v) is 9.52. The summed E-state index contributed by atoms with van der Waals surface area (Å²) in [5, 5.41) is 5.17. The highest BCUT2D eigenvalue weighted by molar-refractivity contribution is 7.22. The molecule has 8 nitrogen and oxygen atoms in total. The number of methoxy groups -OCH3 is 2. The summed E-state index contributed by atoms with van der Waals surface area (Å²) in [5.74, 6) is 1.38. The molecule has 4 aromatic rings. The van der Waals surface area contributed by atoms with Gasteiger partial charge in [0.1, 0.15) is 38.7 Å². The number of halogens is 1. The van der Waals surface area contributed by atoms with E-state index < -0.39 is 0 Å². The van der Waals surface area contributed by atoms with Crippen molar-refractivity contribution < 1.29 is 23.5 Å². The molecule has 0 radical (unpaired) electrons. The van der Waals surface area contributed by atoms with Crippen molar-refractivity contribution in [1.82, 2.24) is 10.1 Å². The fourth-order valence-electron chi connectivity index (χ4n) is 4.23. The van der Waals surface area contributed by atoms with Crippen LogP contribution in [0.3, 0.4) is 0 Å². The highest BCUT2D eigenvalue weighted by Gasteiger charge is 2.33. The maximum atomic E-state index is 14.1. The maximum absolute atomic E-state index is 14.1. The molecule has 0 saturated carbocycles. The lowest BCUT2D eigenvalue weighted by molar-refractivity contribution is 0.0916. The Morgan fingerprint density at radius 2 is 1.97 bits per heavy atom. The molecule has 0 bridgehead atoms. The molecule has 1 aliphatic rings. The van der Waals surface area contributed by atoms with E-state index in [2.05, 4.69) is 5.16 Å². The van der Waals surface area contributed by atoms with Gasteiger partial charge >= 0.3 is 0 Å². The smallest absolute Gasteiger partial charge is 0.266 e. The number of rotatable bonds is 7. The van der Waals surface area contributed by atoms with Crippen LogP contribution in [0.4, 0.5) is 5.13 Å². The zero-order chi connectivity index (χ0) is 24.5. The number of carbonyl (C=O) groups excluding carboxylic acids is 1. The van der Waals surface area contributed by atoms with Crippen LogP contribution < -0.4 is 14.4 Å². The standard InChI is InChI=1S/C25H24ClN3O5S/c1-14-20(21(28-34-14)16-8-4-5-9-17(16)26)24(30)29(13-15-7-6-12-33-15)25-27-22-18(31-2)10-11-19(32-3)23(22)35-25/h4-5,8-11,15H,6-7,12-13H2,1-3H3. The molecule has 0 N–H and O–H groups in total. The van der Waals surface area contributed by atoms with E-state index in [4.69, 9.17) is 35.3 Å². The van der Waals surface area contributed by atoms with Crippen LogP contribution >= 0.6 is 22.9 Å². The molecule has 10 heteroatoms. The molecule has 0 spiro atoms. The monoisotopic (exact) mass is 513 g/mol. The SMILES string of the molecule is COc1ccc(OC)c2sc(N(CC3CCCO3)C(=O)c3c(-c4ccccc4Cl)noc3C)nc12. The van der Waals surface area contributed by atoms with Crippen LogP contribution in [-0.2, 0) is 4.74 Å². The van der Waals surface area contributed by atoms with Crippen molar-refractivity contribution in [2.24, 2.45) is 0 Å². The van der Waals surface area contributed by atoms with Crippen LogP contribution in [0.5, 0.6) is 11.5 Å². The Labute approximate surface area is 211 Å². The lowest BCUT2D eigenvalue weighted by Gasteiger charge is -2.23. The van der Waals surface area contributed by atoms with Crippen molar-refractivity contribution in [3.8, 4) is 22.8 Å². The molecular weight excluding hydrogens is 490 g/mol. The summed E-state index contributed by atoms with van der Waals surface area (Å²) < 4.78 is 23.2. The Bertz CT molecular complexity index is 1340. The van der Waals surface area contributed by atoms with Gasteiger partial charge in [0.25, 0.3) is 5.91 Å². The van der Waals surface area contributed by atoms with Crippen molar-refractivity contribution in [3.63, 3.8) is 0 Å². The van der Waals surface area contributed by atoms with E-state index in [0.717, 1.165) is 17.5 Å². The number of fused-ring (bicyclic) bond motifs is 1. The molecule has 182 valence electrons. The Morgan fingerprint density at radius 3 is 2.69 bits per heavy atom. The van der Waals surface area contributed by atoms with E-state index in [1.807, 2.05) is 24.3 Å². The summed E-state index contributed by atoms with van der Waals surface area (Å²) >= 11 is 7.80. The third-order valence-corrected chi connectivity index (χ3v) is 7.41. The maximum Gasteiger partial charge on any atom is 0.266 e. The van der Waals surface area contributed by atoms with Crippen LogP contribution in [0.25, 0.3) is 21.5 Å². The first kappa shape index (κ1) is 23.6. The molecule has 1 amide bonds. The fourth-order valence-corrected chi connectivity index (χ4v) is 5.53. The van der Waals surface area contributed by atoms with Crippen molar-refractivity contribution in [3.05, 3.63) is 52.7 Å². The summed E-state index contributed by atoms with van der Waals surface area (Å²) in [6.45, 7) is 2.73. The van der Waals surface area contributed by atoms with Crippen LogP contribution in [0.2, 0.25) is 5.02 Å². The van der Waals surface area contributed by atoms with Gasteiger partial charge in [0.2, 0.25) is 0 Å². The Morgan fingerprint density at radius 1 is 1.20 bits per heavy atom. The first-order chi connectivity index (χ1) is 17.0. The molecular formula is C25H24ClN3O5S. The number of amides is 1. The van der Waals surface area contributed by atoms with Gasteiger partial charge in [-0.2, -0.15) is 0 Å². The molecule has 35 heavy (non-hydrogen) atoms. The van der Waals surface area contributed by atoms with Crippen molar-refractivity contribution in [2.45, 2.75) is 25.9 Å². The molecule has 2 aromatic heterocycles. The minimum Gasteiger partial charge on any atom is -0.495 e. The average Bonchev–Trinajstić information content (AvgIpc) is 3.62. The summed E-state index contributed by atoms with van der Waals surface area (Å²) in [6, 6.07) is 10.9. The minimum atomic E-state index is -0.286. The molecule has 1 atom stereocenters. The third-order valence-electron chi connectivity index (χ3n) is 5.99. The quantitative estimate of drug-likeness (QED) is 0.310. The molecule has 1 unspecified atom stereocenters. The first-order valence-electron chi connectivity index (χ1n) is 11.2. The van der Waals surface area contributed by atoms with Gasteiger partial charge in [-0.3, -0.25) is 9.69 Å². The number of hydrogen-bond donors (Lipinski definition) is 0. The predicted molar refractivity (Wildman–Crippen MR) is 135 cm³/mol. The van der Waals surface area contributed by atoms with Gasteiger partial charge in [0.15, 0.2) is 5.13 Å². The third kappa shape index (κ3) is 4.35. The minimum absolute atomic E-state index is 0.0984. The predicted octanol–water partition coefficient (Wildman–Crippen LogP) is 5.76. The number of hydrogen-bond acceptors (Lipinski definition) is 8. The van der Waals surface area contributed by atoms with Gasteiger partial charge < -0.3 is 18.7 Å². The molecule has 1 aliphatic heterocycles. The number of nitrogens with zero attached hydrogens (tertiary/aromatic N) is 3. The van der Waals surface area contributed by atoms with Crippen LogP contribution in [0.1, 0.15) is 29.0 Å². The van der Waals surface area contributed by atoms with Crippen LogP contribution in [0.15, 0.2) is 40.9 Å². The zero-order valence-corrected chi connectivity index (χ0v) is 21.1. The second kappa shape index (κ2) is 9.85. The van der Waals surface area contributed by atoms with E-state index in [9.17, 15) is 4.79 Å².